The highest BCUT2D eigenvalue weighted by atomic mass is 127. The monoisotopic (exact) mass is 466 g/mol. The minimum Gasteiger partial charge on any atom is -0.473 e. The molecule has 1 aromatic heterocycles. The van der Waals surface area contributed by atoms with E-state index in [2.05, 4.69) is 27.5 Å². The van der Waals surface area contributed by atoms with Crippen LogP contribution in [0.25, 0.3) is 0 Å². The molecule has 0 radical (unpaired) electrons. The van der Waals surface area contributed by atoms with Gasteiger partial charge >= 0.3 is 0 Å². The van der Waals surface area contributed by atoms with Crippen molar-refractivity contribution in [2.24, 2.45) is 10.9 Å². The van der Waals surface area contributed by atoms with Crippen LogP contribution in [0.15, 0.2) is 53.7 Å². The van der Waals surface area contributed by atoms with Crippen LogP contribution in [0.2, 0.25) is 0 Å². The lowest BCUT2D eigenvalue weighted by Gasteiger charge is -2.11. The van der Waals surface area contributed by atoms with E-state index < -0.39 is 0 Å². The van der Waals surface area contributed by atoms with Gasteiger partial charge in [-0.3, -0.25) is 0 Å². The van der Waals surface area contributed by atoms with E-state index >= 15 is 0 Å². The molecule has 6 heteroatoms. The molecule has 1 fully saturated rings. The third-order valence-corrected chi connectivity index (χ3v) is 4.05. The predicted octanol–water partition coefficient (Wildman–Crippen LogP) is 3.74. The Morgan fingerprint density at radius 2 is 1.96 bits per heavy atom. The Bertz CT molecular complexity index is 689. The quantitative estimate of drug-likeness (QED) is 0.354. The van der Waals surface area contributed by atoms with Crippen molar-refractivity contribution in [2.75, 3.05) is 13.1 Å². The SMILES string of the molecule is CCNC(=NCc1ccnc(OCc2ccccc2)c1)NCC1CC1.I. The van der Waals surface area contributed by atoms with Gasteiger partial charge in [0.15, 0.2) is 5.96 Å². The third kappa shape index (κ3) is 7.19. The van der Waals surface area contributed by atoms with E-state index in [0.717, 1.165) is 36.1 Å². The van der Waals surface area contributed by atoms with E-state index in [9.17, 15) is 0 Å². The van der Waals surface area contributed by atoms with Crippen LogP contribution in [0.1, 0.15) is 30.9 Å². The summed E-state index contributed by atoms with van der Waals surface area (Å²) < 4.78 is 5.78. The molecule has 1 aromatic carbocycles. The first kappa shape index (κ1) is 20.5. The molecule has 2 aromatic rings. The van der Waals surface area contributed by atoms with Gasteiger partial charge in [0.1, 0.15) is 6.61 Å². The molecule has 0 amide bonds. The first-order valence-corrected chi connectivity index (χ1v) is 8.97. The molecule has 0 atom stereocenters. The van der Waals surface area contributed by atoms with Gasteiger partial charge in [0.2, 0.25) is 5.88 Å². The largest absolute Gasteiger partial charge is 0.473 e. The molecule has 1 aliphatic rings. The Morgan fingerprint density at radius 3 is 2.69 bits per heavy atom. The van der Waals surface area contributed by atoms with E-state index in [0.29, 0.717) is 19.0 Å². The molecule has 1 aliphatic carbocycles. The fourth-order valence-corrected chi connectivity index (χ4v) is 2.43. The smallest absolute Gasteiger partial charge is 0.213 e. The molecule has 0 unspecified atom stereocenters. The first-order valence-electron chi connectivity index (χ1n) is 8.97. The number of guanidine groups is 1. The Morgan fingerprint density at radius 1 is 1.15 bits per heavy atom. The van der Waals surface area contributed by atoms with Crippen LogP contribution in [-0.2, 0) is 13.2 Å². The number of benzene rings is 1. The second-order valence-electron chi connectivity index (χ2n) is 6.30. The van der Waals surface area contributed by atoms with Gasteiger partial charge in [-0.1, -0.05) is 30.3 Å². The lowest BCUT2D eigenvalue weighted by atomic mass is 10.2. The molecule has 1 saturated carbocycles. The maximum atomic E-state index is 5.78. The van der Waals surface area contributed by atoms with Crippen LogP contribution in [-0.4, -0.2) is 24.0 Å². The first-order chi connectivity index (χ1) is 12.3. The zero-order chi connectivity index (χ0) is 17.3. The Labute approximate surface area is 172 Å². The number of hydrogen-bond acceptors (Lipinski definition) is 3. The number of rotatable bonds is 8. The highest BCUT2D eigenvalue weighted by molar-refractivity contribution is 14.0. The normalized spacial score (nSPS) is 13.7. The van der Waals surface area contributed by atoms with Gasteiger partial charge in [-0.2, -0.15) is 0 Å². The zero-order valence-electron chi connectivity index (χ0n) is 15.1. The summed E-state index contributed by atoms with van der Waals surface area (Å²) in [5.74, 6) is 2.33. The molecule has 0 saturated heterocycles. The van der Waals surface area contributed by atoms with Crippen molar-refractivity contribution in [1.82, 2.24) is 15.6 Å². The number of nitrogens with one attached hydrogen (secondary N) is 2. The van der Waals surface area contributed by atoms with Gasteiger partial charge in [0.05, 0.1) is 6.54 Å². The van der Waals surface area contributed by atoms with Crippen molar-refractivity contribution in [1.29, 1.82) is 0 Å². The average molecular weight is 466 g/mol. The Hall–Kier alpha value is -1.83. The van der Waals surface area contributed by atoms with Crippen LogP contribution in [0, 0.1) is 5.92 Å². The average Bonchev–Trinajstić information content (AvgIpc) is 3.48. The summed E-state index contributed by atoms with van der Waals surface area (Å²) in [5.41, 5.74) is 2.22. The summed E-state index contributed by atoms with van der Waals surface area (Å²) in [6.07, 6.45) is 4.44. The molecule has 140 valence electrons. The van der Waals surface area contributed by atoms with E-state index in [-0.39, 0.29) is 24.0 Å². The topological polar surface area (TPSA) is 58.5 Å². The van der Waals surface area contributed by atoms with E-state index in [1.54, 1.807) is 6.20 Å². The number of hydrogen-bond donors (Lipinski definition) is 2. The van der Waals surface area contributed by atoms with Gasteiger partial charge in [-0.05, 0) is 42.9 Å². The van der Waals surface area contributed by atoms with Crippen molar-refractivity contribution in [3.05, 3.63) is 59.8 Å². The van der Waals surface area contributed by atoms with E-state index in [1.165, 1.54) is 12.8 Å². The maximum absolute atomic E-state index is 5.78. The number of halogens is 1. The maximum Gasteiger partial charge on any atom is 0.213 e. The molecule has 2 N–H and O–H groups in total. The van der Waals surface area contributed by atoms with Crippen molar-refractivity contribution in [3.63, 3.8) is 0 Å². The molecule has 1 heterocycles. The Balaban J connectivity index is 0.00000243. The number of aromatic nitrogens is 1. The summed E-state index contributed by atoms with van der Waals surface area (Å²) in [6, 6.07) is 14.0. The number of nitrogens with zero attached hydrogens (tertiary/aromatic N) is 2. The Kier molecular flexibility index (Phi) is 8.67. The summed E-state index contributed by atoms with van der Waals surface area (Å²) in [4.78, 5) is 8.94. The van der Waals surface area contributed by atoms with Gasteiger partial charge in [-0.15, -0.1) is 24.0 Å². The molecule has 0 bridgehead atoms. The second kappa shape index (κ2) is 11.0. The molecule has 26 heavy (non-hydrogen) atoms. The standard InChI is InChI=1S/C20H26N4O.HI/c1-2-21-20(23-13-16-8-9-16)24-14-18-10-11-22-19(12-18)25-15-17-6-4-3-5-7-17;/h3-7,10-12,16H,2,8-9,13-15H2,1H3,(H2,21,23,24);1H. The van der Waals surface area contributed by atoms with Gasteiger partial charge in [-0.25, -0.2) is 9.98 Å². The molecule has 5 nitrogen and oxygen atoms in total. The van der Waals surface area contributed by atoms with Crippen LogP contribution in [0.5, 0.6) is 5.88 Å². The van der Waals surface area contributed by atoms with Crippen molar-refractivity contribution < 1.29 is 4.74 Å². The predicted molar refractivity (Wildman–Crippen MR) is 116 cm³/mol. The minimum absolute atomic E-state index is 0. The van der Waals surface area contributed by atoms with Crippen LogP contribution in [0.4, 0.5) is 0 Å². The molecule has 0 aliphatic heterocycles. The van der Waals surface area contributed by atoms with Crippen LogP contribution >= 0.6 is 24.0 Å². The van der Waals surface area contributed by atoms with Crippen LogP contribution in [0.3, 0.4) is 0 Å². The van der Waals surface area contributed by atoms with Crippen molar-refractivity contribution in [3.8, 4) is 5.88 Å². The molecule has 0 spiro atoms. The summed E-state index contributed by atoms with van der Waals surface area (Å²) >= 11 is 0. The fourth-order valence-electron chi connectivity index (χ4n) is 2.43. The van der Waals surface area contributed by atoms with Crippen molar-refractivity contribution >= 4 is 29.9 Å². The molecular formula is C20H27IN4O. The number of ether oxygens (including phenoxy) is 1. The van der Waals surface area contributed by atoms with Gasteiger partial charge in [0.25, 0.3) is 0 Å². The van der Waals surface area contributed by atoms with Gasteiger partial charge in [0, 0.05) is 25.4 Å². The van der Waals surface area contributed by atoms with Crippen LogP contribution < -0.4 is 15.4 Å². The highest BCUT2D eigenvalue weighted by Crippen LogP contribution is 2.27. The second-order valence-corrected chi connectivity index (χ2v) is 6.30. The molecular weight excluding hydrogens is 439 g/mol. The van der Waals surface area contributed by atoms with Crippen molar-refractivity contribution in [2.45, 2.75) is 32.9 Å². The van der Waals surface area contributed by atoms with Gasteiger partial charge < -0.3 is 15.4 Å². The number of pyridine rings is 1. The fraction of sp³-hybridized carbons (Fsp3) is 0.400. The highest BCUT2D eigenvalue weighted by Gasteiger charge is 2.20. The minimum atomic E-state index is 0. The lowest BCUT2D eigenvalue weighted by molar-refractivity contribution is 0.293. The van der Waals surface area contributed by atoms with E-state index in [4.69, 9.17) is 4.74 Å². The summed E-state index contributed by atoms with van der Waals surface area (Å²) in [7, 11) is 0. The van der Waals surface area contributed by atoms with E-state index in [1.807, 2.05) is 42.5 Å². The summed E-state index contributed by atoms with van der Waals surface area (Å²) in [5, 5.41) is 6.70. The lowest BCUT2D eigenvalue weighted by Crippen LogP contribution is -2.38. The third-order valence-electron chi connectivity index (χ3n) is 4.05. The number of aliphatic imine (C=N–C) groups is 1. The summed E-state index contributed by atoms with van der Waals surface area (Å²) in [6.45, 7) is 5.07. The molecule has 3 rings (SSSR count). The zero-order valence-corrected chi connectivity index (χ0v) is 17.5.